The van der Waals surface area contributed by atoms with Crippen LogP contribution in [0.3, 0.4) is 0 Å². The second-order valence-electron chi connectivity index (χ2n) is 9.90. The number of carbonyl (C=O) groups is 1. The van der Waals surface area contributed by atoms with Crippen molar-refractivity contribution in [1.82, 2.24) is 14.9 Å². The van der Waals surface area contributed by atoms with Gasteiger partial charge in [-0.2, -0.15) is 0 Å². The van der Waals surface area contributed by atoms with Crippen LogP contribution >= 0.6 is 0 Å². The summed E-state index contributed by atoms with van der Waals surface area (Å²) in [4.78, 5) is 18.6. The summed E-state index contributed by atoms with van der Waals surface area (Å²) in [6.45, 7) is 4.09. The summed E-state index contributed by atoms with van der Waals surface area (Å²) in [7, 11) is 3.21. The first-order valence-corrected chi connectivity index (χ1v) is 13.0. The number of nitrogens with zero attached hydrogens (tertiary/aromatic N) is 2. The van der Waals surface area contributed by atoms with Gasteiger partial charge in [-0.3, -0.25) is 4.79 Å². The zero-order chi connectivity index (χ0) is 27.5. The van der Waals surface area contributed by atoms with Gasteiger partial charge < -0.3 is 24.5 Å². The number of hydrogen-bond acceptors (Lipinski definition) is 5. The fourth-order valence-electron chi connectivity index (χ4n) is 5.01. The number of carbonyl (C=O) groups excluding carboxylic acids is 1. The summed E-state index contributed by atoms with van der Waals surface area (Å²) in [6, 6.07) is 22.9. The summed E-state index contributed by atoms with van der Waals surface area (Å²) >= 11 is 0. The molecule has 39 heavy (non-hydrogen) atoms. The average molecular weight is 524 g/mol. The third kappa shape index (κ3) is 5.31. The number of benzene rings is 3. The Kier molecular flexibility index (Phi) is 7.52. The van der Waals surface area contributed by atoms with Crippen molar-refractivity contribution in [2.45, 2.75) is 32.4 Å². The van der Waals surface area contributed by atoms with E-state index in [0.717, 1.165) is 22.0 Å². The molecule has 1 unspecified atom stereocenters. The van der Waals surface area contributed by atoms with Crippen LogP contribution in [0.25, 0.3) is 33.1 Å². The van der Waals surface area contributed by atoms with Crippen LogP contribution in [-0.4, -0.2) is 47.4 Å². The Labute approximate surface area is 228 Å². The van der Waals surface area contributed by atoms with Crippen molar-refractivity contribution in [3.05, 3.63) is 90.1 Å². The maximum atomic E-state index is 13.8. The van der Waals surface area contributed by atoms with E-state index in [0.29, 0.717) is 46.1 Å². The highest BCUT2D eigenvalue weighted by Gasteiger charge is 2.21. The molecule has 0 aliphatic heterocycles. The molecule has 200 valence electrons. The minimum absolute atomic E-state index is 0.192. The van der Waals surface area contributed by atoms with Gasteiger partial charge in [0.1, 0.15) is 11.5 Å². The zero-order valence-corrected chi connectivity index (χ0v) is 22.6. The molecule has 2 aromatic heterocycles. The number of para-hydroxylation sites is 1. The maximum absolute atomic E-state index is 13.8. The quantitative estimate of drug-likeness (QED) is 0.256. The van der Waals surface area contributed by atoms with Gasteiger partial charge in [0, 0.05) is 34.1 Å². The molecule has 3 aromatic carbocycles. The van der Waals surface area contributed by atoms with Gasteiger partial charge in [-0.15, -0.1) is 0 Å². The molecule has 7 nitrogen and oxygen atoms in total. The summed E-state index contributed by atoms with van der Waals surface area (Å²) in [5.74, 6) is 1.05. The Morgan fingerprint density at radius 3 is 2.46 bits per heavy atom. The third-order valence-electron chi connectivity index (χ3n) is 7.03. The first-order chi connectivity index (χ1) is 18.9. The molecule has 0 saturated heterocycles. The van der Waals surface area contributed by atoms with Crippen LogP contribution < -0.4 is 14.8 Å². The van der Waals surface area contributed by atoms with Crippen LogP contribution in [0.15, 0.2) is 79.0 Å². The number of pyridine rings is 1. The molecule has 5 rings (SSSR count). The second kappa shape index (κ2) is 11.2. The normalized spacial score (nSPS) is 12.2. The van der Waals surface area contributed by atoms with Crippen molar-refractivity contribution >= 4 is 27.7 Å². The monoisotopic (exact) mass is 523 g/mol. The Morgan fingerprint density at radius 1 is 0.949 bits per heavy atom. The van der Waals surface area contributed by atoms with Gasteiger partial charge >= 0.3 is 0 Å². The predicted molar refractivity (Wildman–Crippen MR) is 155 cm³/mol. The first-order valence-electron chi connectivity index (χ1n) is 13.0. The Hall–Kier alpha value is -4.36. The van der Waals surface area contributed by atoms with E-state index in [1.165, 1.54) is 0 Å². The van der Waals surface area contributed by atoms with Crippen molar-refractivity contribution in [3.8, 4) is 22.8 Å². The van der Waals surface area contributed by atoms with Gasteiger partial charge in [-0.05, 0) is 68.3 Å². The molecule has 1 atom stereocenters. The van der Waals surface area contributed by atoms with Crippen molar-refractivity contribution in [3.63, 3.8) is 0 Å². The molecule has 0 bridgehead atoms. The SMILES string of the molecule is COc1cccc(-c2cc(C(=O)NC(CO)Cc3cn(C(C)C)c4ccccc34)c3cc(OC)ccc3n2)c1. The molecule has 2 N–H and O–H groups in total. The van der Waals surface area contributed by atoms with Gasteiger partial charge in [0.15, 0.2) is 0 Å². The largest absolute Gasteiger partial charge is 0.497 e. The highest BCUT2D eigenvalue weighted by Crippen LogP contribution is 2.30. The lowest BCUT2D eigenvalue weighted by molar-refractivity contribution is 0.0918. The number of fused-ring (bicyclic) bond motifs is 2. The molecule has 0 spiro atoms. The van der Waals surface area contributed by atoms with Crippen LogP contribution in [0, 0.1) is 0 Å². The molecule has 0 saturated carbocycles. The number of amides is 1. The fraction of sp³-hybridized carbons (Fsp3) is 0.250. The lowest BCUT2D eigenvalue weighted by atomic mass is 10.0. The molecule has 0 aliphatic carbocycles. The van der Waals surface area contributed by atoms with Crippen molar-refractivity contribution in [2.24, 2.45) is 0 Å². The van der Waals surface area contributed by atoms with Crippen LogP contribution in [0.4, 0.5) is 0 Å². The zero-order valence-electron chi connectivity index (χ0n) is 22.6. The topological polar surface area (TPSA) is 85.6 Å². The molecule has 7 heteroatoms. The molecular weight excluding hydrogens is 490 g/mol. The standard InChI is InChI=1S/C32H33N3O4/c1-20(2)35-18-22(26-10-5-6-11-31(26)35)14-23(19-36)33-32(37)28-17-30(21-8-7-9-24(15-21)38-3)34-29-13-12-25(39-4)16-27(28)29/h5-13,15-18,20,23,36H,14,19H2,1-4H3,(H,33,37). The molecule has 2 heterocycles. The Balaban J connectivity index is 1.51. The van der Waals surface area contributed by atoms with Gasteiger partial charge in [-0.25, -0.2) is 4.98 Å². The lowest BCUT2D eigenvalue weighted by Gasteiger charge is -2.18. The summed E-state index contributed by atoms with van der Waals surface area (Å²) < 4.78 is 13.0. The number of hydrogen-bond donors (Lipinski definition) is 2. The molecule has 0 aliphatic rings. The molecular formula is C32H33N3O4. The Morgan fingerprint density at radius 2 is 1.72 bits per heavy atom. The third-order valence-corrected chi connectivity index (χ3v) is 7.03. The van der Waals surface area contributed by atoms with E-state index >= 15 is 0 Å². The number of aliphatic hydroxyl groups excluding tert-OH is 1. The number of methoxy groups -OCH3 is 2. The van der Waals surface area contributed by atoms with Gasteiger partial charge in [-0.1, -0.05) is 30.3 Å². The van der Waals surface area contributed by atoms with Crippen LogP contribution in [0.1, 0.15) is 35.8 Å². The van der Waals surface area contributed by atoms with Crippen molar-refractivity contribution in [2.75, 3.05) is 20.8 Å². The van der Waals surface area contributed by atoms with Gasteiger partial charge in [0.2, 0.25) is 0 Å². The molecule has 1 amide bonds. The maximum Gasteiger partial charge on any atom is 0.252 e. The fourth-order valence-corrected chi connectivity index (χ4v) is 5.01. The number of aliphatic hydroxyl groups is 1. The lowest BCUT2D eigenvalue weighted by Crippen LogP contribution is -2.39. The molecule has 0 fully saturated rings. The number of rotatable bonds is 9. The van der Waals surface area contributed by atoms with Crippen LogP contribution in [0.5, 0.6) is 11.5 Å². The summed E-state index contributed by atoms with van der Waals surface area (Å²) in [5.41, 5.74) is 4.83. The smallest absolute Gasteiger partial charge is 0.252 e. The summed E-state index contributed by atoms with van der Waals surface area (Å²) in [5, 5.41) is 15.2. The first kappa shape index (κ1) is 26.3. The van der Waals surface area contributed by atoms with Gasteiger partial charge in [0.05, 0.1) is 43.6 Å². The van der Waals surface area contributed by atoms with Crippen LogP contribution in [-0.2, 0) is 6.42 Å². The van der Waals surface area contributed by atoms with E-state index in [2.05, 4.69) is 42.1 Å². The minimum atomic E-state index is -0.474. The van der Waals surface area contributed by atoms with E-state index in [9.17, 15) is 9.90 Å². The minimum Gasteiger partial charge on any atom is -0.497 e. The Bertz CT molecular complexity index is 1640. The second-order valence-corrected chi connectivity index (χ2v) is 9.90. The summed E-state index contributed by atoms with van der Waals surface area (Å²) in [6.07, 6.45) is 2.62. The van der Waals surface area contributed by atoms with Crippen LogP contribution in [0.2, 0.25) is 0 Å². The van der Waals surface area contributed by atoms with Crippen molar-refractivity contribution < 1.29 is 19.4 Å². The van der Waals surface area contributed by atoms with E-state index in [1.54, 1.807) is 20.3 Å². The van der Waals surface area contributed by atoms with Crippen molar-refractivity contribution in [1.29, 1.82) is 0 Å². The molecule has 0 radical (unpaired) electrons. The average Bonchev–Trinajstić information content (AvgIpc) is 3.34. The highest BCUT2D eigenvalue weighted by atomic mass is 16.5. The van der Waals surface area contributed by atoms with E-state index in [1.807, 2.05) is 54.6 Å². The molecule has 5 aromatic rings. The van der Waals surface area contributed by atoms with E-state index in [4.69, 9.17) is 14.5 Å². The van der Waals surface area contributed by atoms with E-state index < -0.39 is 6.04 Å². The predicted octanol–water partition coefficient (Wildman–Crippen LogP) is 5.79. The van der Waals surface area contributed by atoms with Gasteiger partial charge in [0.25, 0.3) is 5.91 Å². The number of ether oxygens (including phenoxy) is 2. The number of nitrogens with one attached hydrogen (secondary N) is 1. The highest BCUT2D eigenvalue weighted by molar-refractivity contribution is 6.07. The van der Waals surface area contributed by atoms with E-state index in [-0.39, 0.29) is 12.5 Å². The number of aromatic nitrogens is 2.